The number of imidazole rings is 1. The molecule has 2 atom stereocenters. The van der Waals surface area contributed by atoms with Crippen LogP contribution in [0.4, 0.5) is 5.82 Å². The number of aromatic nitrogens is 3. The minimum atomic E-state index is -0.520. The summed E-state index contributed by atoms with van der Waals surface area (Å²) in [6.45, 7) is 7.22. The summed E-state index contributed by atoms with van der Waals surface area (Å²) in [5.41, 5.74) is 8.37. The number of fused-ring (bicyclic) bond motifs is 2. The summed E-state index contributed by atoms with van der Waals surface area (Å²) in [5.74, 6) is 2.55. The minimum absolute atomic E-state index is 0.0626. The number of ether oxygens (including phenoxy) is 1. The smallest absolute Gasteiger partial charge is 0.264 e. The normalized spacial score (nSPS) is 20.5. The molecule has 246 valence electrons. The average molecular weight is 645 g/mol. The van der Waals surface area contributed by atoms with Crippen LogP contribution in [0.1, 0.15) is 51.3 Å². The van der Waals surface area contributed by atoms with Crippen molar-refractivity contribution >= 4 is 23.1 Å². The highest BCUT2D eigenvalue weighted by molar-refractivity contribution is 5.97. The Morgan fingerprint density at radius 2 is 1.81 bits per heavy atom. The molecule has 2 amide bonds. The predicted octanol–water partition coefficient (Wildman–Crippen LogP) is 5.01. The number of piperazine rings is 1. The lowest BCUT2D eigenvalue weighted by Crippen LogP contribution is -2.57. The summed E-state index contributed by atoms with van der Waals surface area (Å²) in [5, 5.41) is 10.2. The lowest BCUT2D eigenvalue weighted by Gasteiger charge is -2.45. The third kappa shape index (κ3) is 6.00. The van der Waals surface area contributed by atoms with E-state index in [0.717, 1.165) is 48.5 Å². The van der Waals surface area contributed by atoms with Crippen molar-refractivity contribution in [2.75, 3.05) is 38.5 Å². The summed E-state index contributed by atoms with van der Waals surface area (Å²) in [7, 11) is 0. The Morgan fingerprint density at radius 3 is 2.58 bits per heavy atom. The van der Waals surface area contributed by atoms with Gasteiger partial charge in [0.1, 0.15) is 46.0 Å². The van der Waals surface area contributed by atoms with Crippen LogP contribution in [0, 0.1) is 11.3 Å². The van der Waals surface area contributed by atoms with Crippen molar-refractivity contribution in [2.24, 2.45) is 0 Å². The molecule has 3 saturated heterocycles. The van der Waals surface area contributed by atoms with Gasteiger partial charge in [0.05, 0.1) is 0 Å². The Kier molecular flexibility index (Phi) is 8.35. The number of carbonyl (C=O) groups excluding carboxylic acids is 2. The van der Waals surface area contributed by atoms with E-state index in [2.05, 4.69) is 16.0 Å². The van der Waals surface area contributed by atoms with E-state index in [-0.39, 0.29) is 29.3 Å². The van der Waals surface area contributed by atoms with E-state index in [1.165, 1.54) is 0 Å². The fourth-order valence-corrected chi connectivity index (χ4v) is 7.40. The number of hydrogen-bond donors (Lipinski definition) is 1. The molecule has 0 aliphatic carbocycles. The van der Waals surface area contributed by atoms with Crippen molar-refractivity contribution in [1.82, 2.24) is 29.1 Å². The highest BCUT2D eigenvalue weighted by Gasteiger charge is 2.40. The highest BCUT2D eigenvalue weighted by Crippen LogP contribution is 2.35. The largest absolute Gasteiger partial charge is 0.457 e. The van der Waals surface area contributed by atoms with Gasteiger partial charge >= 0.3 is 0 Å². The van der Waals surface area contributed by atoms with E-state index in [4.69, 9.17) is 15.5 Å². The van der Waals surface area contributed by atoms with Gasteiger partial charge in [-0.2, -0.15) is 5.26 Å². The Morgan fingerprint density at radius 1 is 1.04 bits per heavy atom. The molecule has 3 aliphatic rings. The zero-order valence-corrected chi connectivity index (χ0v) is 27.4. The number of anilines is 1. The van der Waals surface area contributed by atoms with Crippen LogP contribution in [0.2, 0.25) is 0 Å². The van der Waals surface area contributed by atoms with Gasteiger partial charge in [-0.3, -0.25) is 18.9 Å². The van der Waals surface area contributed by atoms with Gasteiger partial charge in [-0.25, -0.2) is 9.97 Å². The molecule has 2 N–H and O–H groups in total. The van der Waals surface area contributed by atoms with Crippen molar-refractivity contribution < 1.29 is 14.3 Å². The van der Waals surface area contributed by atoms with Crippen LogP contribution >= 0.6 is 0 Å². The molecular weight excluding hydrogens is 604 g/mol. The average Bonchev–Trinajstić information content (AvgIpc) is 3.69. The van der Waals surface area contributed by atoms with Crippen LogP contribution in [-0.4, -0.2) is 85.2 Å². The Labute approximate surface area is 280 Å². The molecule has 0 spiro atoms. The van der Waals surface area contributed by atoms with Crippen molar-refractivity contribution in [2.45, 2.75) is 57.0 Å². The number of nitrogen functional groups attached to an aromatic ring is 1. The lowest BCUT2D eigenvalue weighted by molar-refractivity contribution is -0.131. The molecule has 48 heavy (non-hydrogen) atoms. The van der Waals surface area contributed by atoms with Gasteiger partial charge in [-0.05, 0) is 75.6 Å². The van der Waals surface area contributed by atoms with Gasteiger partial charge in [0.15, 0.2) is 0 Å². The van der Waals surface area contributed by atoms with Gasteiger partial charge in [0.2, 0.25) is 5.91 Å². The van der Waals surface area contributed by atoms with Gasteiger partial charge in [-0.1, -0.05) is 18.2 Å². The van der Waals surface area contributed by atoms with E-state index in [9.17, 15) is 14.9 Å². The van der Waals surface area contributed by atoms with E-state index in [1.54, 1.807) is 11.1 Å². The van der Waals surface area contributed by atoms with Crippen molar-refractivity contribution in [3.8, 4) is 28.8 Å². The Balaban J connectivity index is 1.11. The van der Waals surface area contributed by atoms with Crippen LogP contribution in [-0.2, 0) is 9.59 Å². The number of piperidine rings is 1. The van der Waals surface area contributed by atoms with Crippen LogP contribution in [0.5, 0.6) is 11.5 Å². The fourth-order valence-electron chi connectivity index (χ4n) is 7.40. The summed E-state index contributed by atoms with van der Waals surface area (Å²) in [6.07, 6.45) is 8.42. The fraction of sp³-hybridized carbons (Fsp3) is 0.378. The highest BCUT2D eigenvalue weighted by atomic mass is 16.5. The number of amides is 2. The van der Waals surface area contributed by atoms with Crippen LogP contribution in [0.25, 0.3) is 16.8 Å². The molecule has 11 nitrogen and oxygen atoms in total. The van der Waals surface area contributed by atoms with Crippen LogP contribution in [0.15, 0.2) is 78.6 Å². The molecule has 11 heteroatoms. The number of carbonyl (C=O) groups is 2. The molecular formula is C37H40N8O3. The molecule has 0 bridgehead atoms. The van der Waals surface area contributed by atoms with E-state index >= 15 is 0 Å². The first-order valence-corrected chi connectivity index (χ1v) is 16.6. The predicted molar refractivity (Wildman–Crippen MR) is 182 cm³/mol. The molecule has 2 aromatic carbocycles. The third-order valence-corrected chi connectivity index (χ3v) is 9.95. The number of nitrogens with zero attached hydrogens (tertiary/aromatic N) is 7. The monoisotopic (exact) mass is 644 g/mol. The molecule has 5 heterocycles. The maximum Gasteiger partial charge on any atom is 0.264 e. The number of nitriles is 1. The summed E-state index contributed by atoms with van der Waals surface area (Å²) in [4.78, 5) is 41.6. The molecule has 0 unspecified atom stereocenters. The number of hydrogen-bond acceptors (Lipinski definition) is 8. The zero-order chi connectivity index (χ0) is 33.4. The number of likely N-dealkylation sites (tertiary alicyclic amines) is 1. The molecule has 0 saturated carbocycles. The Hall–Kier alpha value is -5.21. The van der Waals surface area contributed by atoms with E-state index in [1.807, 2.05) is 90.0 Å². The van der Waals surface area contributed by atoms with Gasteiger partial charge < -0.3 is 20.3 Å². The second kappa shape index (κ2) is 12.8. The van der Waals surface area contributed by atoms with Gasteiger partial charge in [0, 0.05) is 74.6 Å². The summed E-state index contributed by atoms with van der Waals surface area (Å²) < 4.78 is 7.97. The maximum atomic E-state index is 13.9. The second-order valence-corrected chi connectivity index (χ2v) is 13.4. The van der Waals surface area contributed by atoms with Gasteiger partial charge in [0.25, 0.3) is 5.91 Å². The van der Waals surface area contributed by atoms with Crippen molar-refractivity contribution in [3.63, 3.8) is 0 Å². The first-order valence-electron chi connectivity index (χ1n) is 16.6. The number of rotatable bonds is 7. The second-order valence-electron chi connectivity index (χ2n) is 13.4. The van der Waals surface area contributed by atoms with Crippen molar-refractivity contribution in [1.29, 1.82) is 5.26 Å². The van der Waals surface area contributed by atoms with Crippen LogP contribution in [0.3, 0.4) is 0 Å². The number of nitrogens with two attached hydrogens (primary N) is 1. The SMILES string of the molecule is CC(C)(/C=C(/C#N)C(=O)N1CCC[C@@H](c2nc(-c3ccc(Oc4ccccc4)cc3)c3c(N)nccn23)C1)N1CCN2C(=O)CC[C@@H]2C1. The summed E-state index contributed by atoms with van der Waals surface area (Å²) >= 11 is 0. The molecule has 2 aromatic heterocycles. The maximum absolute atomic E-state index is 13.9. The molecule has 3 fully saturated rings. The van der Waals surface area contributed by atoms with Crippen LogP contribution < -0.4 is 10.5 Å². The lowest BCUT2D eigenvalue weighted by atomic mass is 9.94. The quantitative estimate of drug-likeness (QED) is 0.219. The molecule has 4 aromatic rings. The third-order valence-electron chi connectivity index (χ3n) is 9.95. The van der Waals surface area contributed by atoms with Crippen molar-refractivity contribution in [3.05, 3.63) is 84.5 Å². The first-order chi connectivity index (χ1) is 23.2. The molecule has 7 rings (SSSR count). The van der Waals surface area contributed by atoms with E-state index in [0.29, 0.717) is 49.9 Å². The topological polar surface area (TPSA) is 133 Å². The molecule has 3 aliphatic heterocycles. The minimum Gasteiger partial charge on any atom is -0.457 e. The Bertz CT molecular complexity index is 1910. The number of para-hydroxylation sites is 1. The summed E-state index contributed by atoms with van der Waals surface area (Å²) in [6, 6.07) is 19.8. The first kappa shape index (κ1) is 31.4. The number of benzene rings is 2. The van der Waals surface area contributed by atoms with E-state index < -0.39 is 5.54 Å². The zero-order valence-electron chi connectivity index (χ0n) is 27.4. The van der Waals surface area contributed by atoms with Gasteiger partial charge in [-0.15, -0.1) is 0 Å². The standard InChI is InChI=1S/C37H40N8O3/c1-37(2,43-19-20-44-28(24-43)12-15-31(44)46)21-27(22-38)36(47)42-17-6-7-26(23-42)35-41-32(33-34(39)40-16-18-45(33)35)25-10-13-30(14-11-25)48-29-8-4-3-5-9-29/h3-5,8-11,13-14,16,18,21,26,28H,6-7,12,15,17,19-20,23-24H2,1-2H3,(H2,39,40)/b27-21-/t26-,28-/m1/s1. The molecule has 0 radical (unpaired) electrons.